The van der Waals surface area contributed by atoms with Gasteiger partial charge >= 0.3 is 0 Å². The van der Waals surface area contributed by atoms with Crippen LogP contribution in [0.2, 0.25) is 0 Å². The van der Waals surface area contributed by atoms with Gasteiger partial charge in [0.2, 0.25) is 0 Å². The van der Waals surface area contributed by atoms with Crippen LogP contribution >= 0.6 is 0 Å². The van der Waals surface area contributed by atoms with E-state index < -0.39 is 0 Å². The van der Waals surface area contributed by atoms with E-state index in [0.29, 0.717) is 23.7 Å². The molecule has 3 heteroatoms. The summed E-state index contributed by atoms with van der Waals surface area (Å²) < 4.78 is 0. The molecule has 4 rings (SSSR count). The minimum absolute atomic E-state index is 0.105. The van der Waals surface area contributed by atoms with Gasteiger partial charge in [0.1, 0.15) is 0 Å². The normalized spacial score (nSPS) is 29.8. The number of nitrogens with one attached hydrogen (secondary N) is 1. The second-order valence-electron chi connectivity index (χ2n) is 9.09. The summed E-state index contributed by atoms with van der Waals surface area (Å²) in [4.78, 5) is 13.5. The number of carbonyl (C=O) groups excluding carboxylic acids is 1. The van der Waals surface area contributed by atoms with Crippen molar-refractivity contribution in [1.29, 1.82) is 0 Å². The highest BCUT2D eigenvalue weighted by molar-refractivity contribution is 5.94. The van der Waals surface area contributed by atoms with Gasteiger partial charge in [-0.05, 0) is 55.2 Å². The lowest BCUT2D eigenvalue weighted by molar-refractivity contribution is 0.0338. The van der Waals surface area contributed by atoms with Gasteiger partial charge in [0.15, 0.2) is 0 Å². The Morgan fingerprint density at radius 3 is 2.36 bits per heavy atom. The minimum Gasteiger partial charge on any atom is -0.270 e. The fourth-order valence-corrected chi connectivity index (χ4v) is 5.37. The molecule has 2 aromatic carbocycles. The lowest BCUT2D eigenvalue weighted by atomic mass is 9.65. The van der Waals surface area contributed by atoms with Crippen molar-refractivity contribution in [1.82, 2.24) is 10.4 Å². The van der Waals surface area contributed by atoms with Crippen molar-refractivity contribution in [3.8, 4) is 0 Å². The molecule has 0 bridgehead atoms. The van der Waals surface area contributed by atoms with Gasteiger partial charge in [-0.25, -0.2) is 5.43 Å². The zero-order valence-corrected chi connectivity index (χ0v) is 17.4. The predicted octanol–water partition coefficient (Wildman–Crippen LogP) is 5.38. The summed E-state index contributed by atoms with van der Waals surface area (Å²) in [5.74, 6) is 2.22. The molecule has 1 saturated carbocycles. The quantitative estimate of drug-likeness (QED) is 0.779. The third-order valence-corrected chi connectivity index (χ3v) is 6.94. The maximum absolute atomic E-state index is 13.5. The van der Waals surface area contributed by atoms with Gasteiger partial charge in [0.25, 0.3) is 5.91 Å². The van der Waals surface area contributed by atoms with E-state index in [2.05, 4.69) is 63.5 Å². The Morgan fingerprint density at radius 1 is 1.04 bits per heavy atom. The summed E-state index contributed by atoms with van der Waals surface area (Å²) in [5, 5.41) is 1.99. The van der Waals surface area contributed by atoms with Gasteiger partial charge in [0, 0.05) is 11.5 Å². The summed E-state index contributed by atoms with van der Waals surface area (Å²) in [7, 11) is 0. The first-order valence-electron chi connectivity index (χ1n) is 10.7. The molecular formula is C25H32N2O. The van der Waals surface area contributed by atoms with E-state index in [4.69, 9.17) is 0 Å². The SMILES string of the molecule is Cc1ccc(C(=O)N2N[C@@H](c3ccccc3)[C@@H]3[C@H]2[C@H](C(C)C)CC[C@@H]3C)cc1. The molecule has 0 aromatic heterocycles. The Labute approximate surface area is 169 Å². The van der Waals surface area contributed by atoms with Crippen LogP contribution in [0.3, 0.4) is 0 Å². The number of fused-ring (bicyclic) bond motifs is 1. The molecule has 0 unspecified atom stereocenters. The summed E-state index contributed by atoms with van der Waals surface area (Å²) >= 11 is 0. The maximum atomic E-state index is 13.5. The van der Waals surface area contributed by atoms with Crippen molar-refractivity contribution in [2.24, 2.45) is 23.7 Å². The number of rotatable bonds is 3. The largest absolute Gasteiger partial charge is 0.270 e. The van der Waals surface area contributed by atoms with Gasteiger partial charge in [-0.1, -0.05) is 68.8 Å². The molecule has 28 heavy (non-hydrogen) atoms. The number of amides is 1. The van der Waals surface area contributed by atoms with E-state index in [1.807, 2.05) is 29.3 Å². The fourth-order valence-electron chi connectivity index (χ4n) is 5.37. The lowest BCUT2D eigenvalue weighted by Gasteiger charge is -2.43. The Morgan fingerprint density at radius 2 is 1.71 bits per heavy atom. The van der Waals surface area contributed by atoms with Gasteiger partial charge < -0.3 is 0 Å². The van der Waals surface area contributed by atoms with E-state index in [-0.39, 0.29) is 18.0 Å². The van der Waals surface area contributed by atoms with E-state index in [0.717, 1.165) is 5.56 Å². The first-order valence-corrected chi connectivity index (χ1v) is 10.7. The third kappa shape index (κ3) is 3.37. The lowest BCUT2D eigenvalue weighted by Crippen LogP contribution is -2.50. The summed E-state index contributed by atoms with van der Waals surface area (Å²) in [5.41, 5.74) is 6.89. The molecule has 1 heterocycles. The highest BCUT2D eigenvalue weighted by Gasteiger charge is 2.52. The molecule has 1 aliphatic carbocycles. The molecule has 2 fully saturated rings. The predicted molar refractivity (Wildman–Crippen MR) is 114 cm³/mol. The average Bonchev–Trinajstić information content (AvgIpc) is 3.10. The van der Waals surface area contributed by atoms with Crippen LogP contribution in [-0.2, 0) is 0 Å². The van der Waals surface area contributed by atoms with Crippen LogP contribution in [0.1, 0.15) is 61.1 Å². The molecule has 0 spiro atoms. The maximum Gasteiger partial charge on any atom is 0.268 e. The van der Waals surface area contributed by atoms with Crippen molar-refractivity contribution in [2.75, 3.05) is 0 Å². The number of nitrogens with zero attached hydrogens (tertiary/aromatic N) is 1. The zero-order chi connectivity index (χ0) is 19.8. The number of hydrogen-bond acceptors (Lipinski definition) is 2. The Kier molecular flexibility index (Phi) is 5.29. The Bertz CT molecular complexity index is 814. The van der Waals surface area contributed by atoms with Crippen molar-refractivity contribution in [3.05, 3.63) is 71.3 Å². The zero-order valence-electron chi connectivity index (χ0n) is 17.4. The van der Waals surface area contributed by atoms with Gasteiger partial charge in [0.05, 0.1) is 12.1 Å². The summed E-state index contributed by atoms with van der Waals surface area (Å²) in [6.45, 7) is 9.04. The molecule has 2 aromatic rings. The molecule has 0 radical (unpaired) electrons. The molecule has 1 amide bonds. The Hall–Kier alpha value is -2.13. The van der Waals surface area contributed by atoms with Crippen LogP contribution in [-0.4, -0.2) is 17.0 Å². The fraction of sp³-hybridized carbons (Fsp3) is 0.480. The van der Waals surface area contributed by atoms with Crippen molar-refractivity contribution >= 4 is 5.91 Å². The molecular weight excluding hydrogens is 344 g/mol. The van der Waals surface area contributed by atoms with E-state index >= 15 is 0 Å². The number of hydrazine groups is 1. The van der Waals surface area contributed by atoms with Crippen LogP contribution in [0.25, 0.3) is 0 Å². The van der Waals surface area contributed by atoms with Crippen LogP contribution in [0.5, 0.6) is 0 Å². The molecule has 3 nitrogen and oxygen atoms in total. The number of benzene rings is 2. The molecule has 1 N–H and O–H groups in total. The van der Waals surface area contributed by atoms with E-state index in [9.17, 15) is 4.79 Å². The first-order chi connectivity index (χ1) is 13.5. The van der Waals surface area contributed by atoms with E-state index in [1.165, 1.54) is 24.0 Å². The van der Waals surface area contributed by atoms with Crippen molar-refractivity contribution in [3.63, 3.8) is 0 Å². The monoisotopic (exact) mass is 376 g/mol. The second-order valence-corrected chi connectivity index (χ2v) is 9.09. The summed E-state index contributed by atoms with van der Waals surface area (Å²) in [6.07, 6.45) is 2.43. The Balaban J connectivity index is 1.74. The van der Waals surface area contributed by atoms with Crippen LogP contribution in [0, 0.1) is 30.6 Å². The highest BCUT2D eigenvalue weighted by Crippen LogP contribution is 2.49. The van der Waals surface area contributed by atoms with Crippen molar-refractivity contribution < 1.29 is 4.79 Å². The first kappa shape index (κ1) is 19.2. The van der Waals surface area contributed by atoms with Crippen LogP contribution < -0.4 is 5.43 Å². The van der Waals surface area contributed by atoms with Gasteiger partial charge in [-0.15, -0.1) is 0 Å². The third-order valence-electron chi connectivity index (χ3n) is 6.94. The number of carbonyl (C=O) groups is 1. The molecule has 2 aliphatic rings. The molecule has 1 saturated heterocycles. The number of aryl methyl sites for hydroxylation is 1. The molecule has 148 valence electrons. The molecule has 5 atom stereocenters. The van der Waals surface area contributed by atoms with Gasteiger partial charge in [-0.2, -0.15) is 0 Å². The second kappa shape index (κ2) is 7.71. The number of hydrogen-bond donors (Lipinski definition) is 1. The standard InChI is InChI=1S/C25H32N2O/c1-16(2)21-15-12-18(4)22-23(19-8-6-5-7-9-19)26-27(24(21)22)25(28)20-13-10-17(3)11-14-20/h5-11,13-14,16,18,21-24,26H,12,15H2,1-4H3/t18-,21-,22+,23-,24+/m0/s1. The highest BCUT2D eigenvalue weighted by atomic mass is 16.2. The smallest absolute Gasteiger partial charge is 0.268 e. The van der Waals surface area contributed by atoms with E-state index in [1.54, 1.807) is 0 Å². The molecule has 1 aliphatic heterocycles. The van der Waals surface area contributed by atoms with Crippen LogP contribution in [0.4, 0.5) is 0 Å². The van der Waals surface area contributed by atoms with Gasteiger partial charge in [-0.3, -0.25) is 9.80 Å². The topological polar surface area (TPSA) is 32.3 Å². The minimum atomic E-state index is 0.105. The average molecular weight is 377 g/mol. The van der Waals surface area contributed by atoms with Crippen molar-refractivity contribution in [2.45, 2.75) is 52.6 Å². The van der Waals surface area contributed by atoms with Crippen LogP contribution in [0.15, 0.2) is 54.6 Å². The summed E-state index contributed by atoms with van der Waals surface area (Å²) in [6, 6.07) is 19.1.